The van der Waals surface area contributed by atoms with Crippen LogP contribution in [-0.2, 0) is 4.74 Å². The molecule has 1 atom stereocenters. The first-order valence-electron chi connectivity index (χ1n) is 5.42. The van der Waals surface area contributed by atoms with E-state index in [0.29, 0.717) is 12.4 Å². The minimum atomic E-state index is -0.241. The lowest BCUT2D eigenvalue weighted by Crippen LogP contribution is -2.35. The van der Waals surface area contributed by atoms with Crippen LogP contribution < -0.4 is 10.6 Å². The lowest BCUT2D eigenvalue weighted by molar-refractivity contribution is 0.112. The first-order valence-corrected chi connectivity index (χ1v) is 5.42. The Kier molecular flexibility index (Phi) is 3.71. The average molecular weight is 221 g/mol. The summed E-state index contributed by atoms with van der Waals surface area (Å²) < 4.78 is 5.40. The van der Waals surface area contributed by atoms with E-state index in [1.165, 1.54) is 0 Å². The van der Waals surface area contributed by atoms with Crippen molar-refractivity contribution in [2.45, 2.75) is 18.9 Å². The van der Waals surface area contributed by atoms with Crippen LogP contribution in [0.5, 0.6) is 0 Å². The molecule has 0 bridgehead atoms. The van der Waals surface area contributed by atoms with Gasteiger partial charge in [0.25, 0.3) is 0 Å². The molecule has 2 amide bonds. The van der Waals surface area contributed by atoms with Crippen LogP contribution in [0.1, 0.15) is 12.8 Å². The first-order chi connectivity index (χ1) is 7.84. The van der Waals surface area contributed by atoms with Gasteiger partial charge in [-0.1, -0.05) is 6.07 Å². The van der Waals surface area contributed by atoms with E-state index in [9.17, 15) is 4.79 Å². The topological polar surface area (TPSA) is 63.2 Å². The highest BCUT2D eigenvalue weighted by molar-refractivity contribution is 5.88. The molecule has 0 radical (unpaired) electrons. The predicted octanol–water partition coefficient (Wildman–Crippen LogP) is 1.38. The minimum absolute atomic E-state index is 0.162. The van der Waals surface area contributed by atoms with Gasteiger partial charge in [0, 0.05) is 19.3 Å². The molecule has 0 unspecified atom stereocenters. The van der Waals surface area contributed by atoms with Gasteiger partial charge in [-0.15, -0.1) is 0 Å². The number of carbonyl (C=O) groups is 1. The smallest absolute Gasteiger partial charge is 0.320 e. The van der Waals surface area contributed by atoms with Crippen LogP contribution >= 0.6 is 0 Å². The highest BCUT2D eigenvalue weighted by Crippen LogP contribution is 2.10. The summed E-state index contributed by atoms with van der Waals surface area (Å²) in [5.74, 6) is 0.548. The molecular weight excluding hydrogens is 206 g/mol. The maximum Gasteiger partial charge on any atom is 0.320 e. The van der Waals surface area contributed by atoms with Crippen molar-refractivity contribution in [3.8, 4) is 0 Å². The van der Waals surface area contributed by atoms with E-state index in [0.717, 1.165) is 19.4 Å². The normalized spacial score (nSPS) is 19.4. The maximum absolute atomic E-state index is 11.5. The van der Waals surface area contributed by atoms with Crippen LogP contribution in [0.4, 0.5) is 10.6 Å². The molecule has 0 saturated carbocycles. The van der Waals surface area contributed by atoms with Gasteiger partial charge in [-0.05, 0) is 25.0 Å². The van der Waals surface area contributed by atoms with Gasteiger partial charge in [-0.25, -0.2) is 9.78 Å². The summed E-state index contributed by atoms with van der Waals surface area (Å²) in [4.78, 5) is 15.4. The van der Waals surface area contributed by atoms with Gasteiger partial charge in [0.2, 0.25) is 0 Å². The van der Waals surface area contributed by atoms with Gasteiger partial charge < -0.3 is 10.1 Å². The largest absolute Gasteiger partial charge is 0.376 e. The molecule has 1 aromatic rings. The molecule has 0 spiro atoms. The maximum atomic E-state index is 11.5. The number of aromatic nitrogens is 1. The van der Waals surface area contributed by atoms with Gasteiger partial charge in [0.05, 0.1) is 6.10 Å². The Labute approximate surface area is 94.2 Å². The lowest BCUT2D eigenvalue weighted by Gasteiger charge is -2.11. The fourth-order valence-corrected chi connectivity index (χ4v) is 1.61. The van der Waals surface area contributed by atoms with Crippen LogP contribution in [0.15, 0.2) is 24.4 Å². The number of carbonyl (C=O) groups excluding carboxylic acids is 1. The minimum Gasteiger partial charge on any atom is -0.376 e. The van der Waals surface area contributed by atoms with E-state index in [1.54, 1.807) is 18.3 Å². The quantitative estimate of drug-likeness (QED) is 0.810. The number of hydrogen-bond acceptors (Lipinski definition) is 3. The SMILES string of the molecule is O=C(NC[C@@H]1CCCO1)Nc1ccccn1. The van der Waals surface area contributed by atoms with Crippen molar-refractivity contribution in [2.75, 3.05) is 18.5 Å². The summed E-state index contributed by atoms with van der Waals surface area (Å²) in [5, 5.41) is 5.41. The van der Waals surface area contributed by atoms with Crippen molar-refractivity contribution in [2.24, 2.45) is 0 Å². The third kappa shape index (κ3) is 3.20. The van der Waals surface area contributed by atoms with E-state index in [-0.39, 0.29) is 12.1 Å². The lowest BCUT2D eigenvalue weighted by atomic mass is 10.2. The van der Waals surface area contributed by atoms with Gasteiger partial charge in [-0.2, -0.15) is 0 Å². The first kappa shape index (κ1) is 10.9. The number of hydrogen-bond donors (Lipinski definition) is 2. The van der Waals surface area contributed by atoms with Crippen molar-refractivity contribution >= 4 is 11.8 Å². The monoisotopic (exact) mass is 221 g/mol. The van der Waals surface area contributed by atoms with E-state index < -0.39 is 0 Å². The summed E-state index contributed by atoms with van der Waals surface area (Å²) in [6.45, 7) is 1.35. The Bertz CT molecular complexity index is 336. The van der Waals surface area contributed by atoms with Crippen LogP contribution in [0.3, 0.4) is 0 Å². The summed E-state index contributed by atoms with van der Waals surface area (Å²) >= 11 is 0. The van der Waals surface area contributed by atoms with Crippen molar-refractivity contribution < 1.29 is 9.53 Å². The zero-order valence-corrected chi connectivity index (χ0v) is 8.98. The molecule has 2 rings (SSSR count). The Morgan fingerprint density at radius 3 is 3.19 bits per heavy atom. The second-order valence-corrected chi connectivity index (χ2v) is 3.69. The Morgan fingerprint density at radius 1 is 1.56 bits per heavy atom. The standard InChI is InChI=1S/C11H15N3O2/c15-11(13-8-9-4-3-7-16-9)14-10-5-1-2-6-12-10/h1-2,5-6,9H,3-4,7-8H2,(H2,12,13,14,15)/t9-/m0/s1. The molecule has 1 aromatic heterocycles. The molecule has 2 heterocycles. The number of ether oxygens (including phenoxy) is 1. The van der Waals surface area contributed by atoms with Crippen molar-refractivity contribution in [1.82, 2.24) is 10.3 Å². The summed E-state index contributed by atoms with van der Waals surface area (Å²) in [6.07, 6.45) is 3.89. The molecule has 2 N–H and O–H groups in total. The molecule has 86 valence electrons. The number of anilines is 1. The van der Waals surface area contributed by atoms with Crippen molar-refractivity contribution in [1.29, 1.82) is 0 Å². The van der Waals surface area contributed by atoms with Gasteiger partial charge in [-0.3, -0.25) is 5.32 Å². The second-order valence-electron chi connectivity index (χ2n) is 3.69. The van der Waals surface area contributed by atoms with Gasteiger partial charge in [0.15, 0.2) is 0 Å². The molecular formula is C11H15N3O2. The molecule has 1 aliphatic rings. The van der Waals surface area contributed by atoms with Crippen molar-refractivity contribution in [3.05, 3.63) is 24.4 Å². The fraction of sp³-hybridized carbons (Fsp3) is 0.455. The number of pyridine rings is 1. The Balaban J connectivity index is 1.72. The summed E-state index contributed by atoms with van der Waals surface area (Å²) in [7, 11) is 0. The zero-order valence-electron chi connectivity index (χ0n) is 8.98. The van der Waals surface area contributed by atoms with E-state index >= 15 is 0 Å². The van der Waals surface area contributed by atoms with Crippen LogP contribution in [0, 0.1) is 0 Å². The molecule has 0 aromatic carbocycles. The number of amides is 2. The van der Waals surface area contributed by atoms with E-state index in [1.807, 2.05) is 6.07 Å². The molecule has 1 fully saturated rings. The fourth-order valence-electron chi connectivity index (χ4n) is 1.61. The summed E-state index contributed by atoms with van der Waals surface area (Å²) in [5.41, 5.74) is 0. The van der Waals surface area contributed by atoms with Crippen LogP contribution in [0.25, 0.3) is 0 Å². The predicted molar refractivity (Wildman–Crippen MR) is 60.2 cm³/mol. The number of urea groups is 1. The Hall–Kier alpha value is -1.62. The molecule has 5 nitrogen and oxygen atoms in total. The zero-order chi connectivity index (χ0) is 11.2. The number of nitrogens with one attached hydrogen (secondary N) is 2. The second kappa shape index (κ2) is 5.46. The average Bonchev–Trinajstić information content (AvgIpc) is 2.81. The highest BCUT2D eigenvalue weighted by atomic mass is 16.5. The number of nitrogens with zero attached hydrogens (tertiary/aromatic N) is 1. The van der Waals surface area contributed by atoms with Gasteiger partial charge >= 0.3 is 6.03 Å². The third-order valence-electron chi connectivity index (χ3n) is 2.42. The molecule has 16 heavy (non-hydrogen) atoms. The third-order valence-corrected chi connectivity index (χ3v) is 2.42. The summed E-state index contributed by atoms with van der Waals surface area (Å²) in [6, 6.07) is 5.12. The van der Waals surface area contributed by atoms with Crippen LogP contribution in [0.2, 0.25) is 0 Å². The Morgan fingerprint density at radius 2 is 2.50 bits per heavy atom. The molecule has 1 saturated heterocycles. The van der Waals surface area contributed by atoms with E-state index in [2.05, 4.69) is 15.6 Å². The van der Waals surface area contributed by atoms with Crippen molar-refractivity contribution in [3.63, 3.8) is 0 Å². The molecule has 0 aliphatic carbocycles. The molecule has 1 aliphatic heterocycles. The number of rotatable bonds is 3. The highest BCUT2D eigenvalue weighted by Gasteiger charge is 2.15. The van der Waals surface area contributed by atoms with Gasteiger partial charge in [0.1, 0.15) is 5.82 Å². The van der Waals surface area contributed by atoms with E-state index in [4.69, 9.17) is 4.74 Å². The molecule has 5 heteroatoms. The van der Waals surface area contributed by atoms with Crippen LogP contribution in [-0.4, -0.2) is 30.3 Å².